The minimum absolute atomic E-state index is 0.150. The zero-order valence-electron chi connectivity index (χ0n) is 11.8. The van der Waals surface area contributed by atoms with Gasteiger partial charge in [0.25, 0.3) is 0 Å². The number of rotatable bonds is 4. The molecule has 0 aliphatic rings. The Kier molecular flexibility index (Phi) is 4.15. The summed E-state index contributed by atoms with van der Waals surface area (Å²) in [6.07, 6.45) is 1.93. The van der Waals surface area contributed by atoms with E-state index >= 15 is 0 Å². The molecule has 1 aromatic rings. The van der Waals surface area contributed by atoms with Crippen LogP contribution in [0.2, 0.25) is 0 Å². The Hall–Kier alpha value is -1.09. The summed E-state index contributed by atoms with van der Waals surface area (Å²) in [6, 6.07) is 4.14. The number of anilines is 1. The first-order valence-corrected chi connectivity index (χ1v) is 6.00. The number of nitrogens with one attached hydrogen (secondary N) is 1. The van der Waals surface area contributed by atoms with Crippen molar-refractivity contribution in [3.63, 3.8) is 0 Å². The van der Waals surface area contributed by atoms with Gasteiger partial charge in [0, 0.05) is 19.9 Å². The minimum Gasteiger partial charge on any atom is -0.377 e. The average molecular weight is 236 g/mol. The van der Waals surface area contributed by atoms with E-state index in [1.165, 1.54) is 5.56 Å². The fraction of sp³-hybridized carbons (Fsp3) is 0.643. The second kappa shape index (κ2) is 5.05. The Morgan fingerprint density at radius 3 is 2.24 bits per heavy atom. The third-order valence-corrected chi connectivity index (χ3v) is 2.88. The van der Waals surface area contributed by atoms with E-state index in [0.717, 1.165) is 12.4 Å². The lowest BCUT2D eigenvalue weighted by molar-refractivity contribution is 0.0343. The Balaban J connectivity index is 2.64. The molecule has 0 spiro atoms. The molecule has 0 saturated heterocycles. The van der Waals surface area contributed by atoms with Crippen LogP contribution in [0.15, 0.2) is 18.3 Å². The first-order chi connectivity index (χ1) is 7.74. The van der Waals surface area contributed by atoms with Crippen molar-refractivity contribution in [2.45, 2.75) is 45.6 Å². The Morgan fingerprint density at radius 2 is 1.82 bits per heavy atom. The molecule has 0 unspecified atom stereocenters. The summed E-state index contributed by atoms with van der Waals surface area (Å²) in [5.74, 6) is 0.892. The predicted molar refractivity (Wildman–Crippen MR) is 72.5 cm³/mol. The molecule has 0 bridgehead atoms. The smallest absolute Gasteiger partial charge is 0.125 e. The van der Waals surface area contributed by atoms with Gasteiger partial charge in [-0.25, -0.2) is 4.98 Å². The topological polar surface area (TPSA) is 34.1 Å². The van der Waals surface area contributed by atoms with Crippen LogP contribution in [0, 0.1) is 0 Å². The highest BCUT2D eigenvalue weighted by molar-refractivity contribution is 5.37. The van der Waals surface area contributed by atoms with Crippen molar-refractivity contribution < 1.29 is 4.74 Å². The van der Waals surface area contributed by atoms with Crippen molar-refractivity contribution in [1.29, 1.82) is 0 Å². The van der Waals surface area contributed by atoms with Crippen LogP contribution < -0.4 is 5.32 Å². The second-order valence-electron chi connectivity index (χ2n) is 6.00. The molecule has 1 aromatic heterocycles. The number of methoxy groups -OCH3 is 1. The third kappa shape index (κ3) is 4.35. The summed E-state index contributed by atoms with van der Waals surface area (Å²) in [4.78, 5) is 4.42. The van der Waals surface area contributed by atoms with Gasteiger partial charge in [-0.15, -0.1) is 0 Å². The molecule has 3 heteroatoms. The Labute approximate surface area is 105 Å². The Bertz CT molecular complexity index is 349. The molecule has 1 heterocycles. The average Bonchev–Trinajstić information content (AvgIpc) is 2.26. The number of aromatic nitrogens is 1. The number of hydrogen-bond acceptors (Lipinski definition) is 3. The third-order valence-electron chi connectivity index (χ3n) is 2.88. The molecule has 0 saturated carbocycles. The summed E-state index contributed by atoms with van der Waals surface area (Å²) in [6.45, 7) is 11.4. The van der Waals surface area contributed by atoms with E-state index in [1.807, 2.05) is 26.1 Å². The SMILES string of the molecule is COC(C)(C)CNc1ccc(C(C)(C)C)cn1. The van der Waals surface area contributed by atoms with E-state index in [2.05, 4.69) is 37.1 Å². The van der Waals surface area contributed by atoms with Crippen molar-refractivity contribution >= 4 is 5.82 Å². The second-order valence-corrected chi connectivity index (χ2v) is 6.00. The maximum Gasteiger partial charge on any atom is 0.125 e. The van der Waals surface area contributed by atoms with E-state index < -0.39 is 0 Å². The van der Waals surface area contributed by atoms with E-state index in [9.17, 15) is 0 Å². The van der Waals surface area contributed by atoms with Crippen LogP contribution in [0.4, 0.5) is 5.82 Å². The summed E-state index contributed by atoms with van der Waals surface area (Å²) < 4.78 is 5.35. The fourth-order valence-electron chi connectivity index (χ4n) is 1.32. The fourth-order valence-corrected chi connectivity index (χ4v) is 1.32. The largest absolute Gasteiger partial charge is 0.377 e. The van der Waals surface area contributed by atoms with Crippen LogP contribution >= 0.6 is 0 Å². The van der Waals surface area contributed by atoms with Crippen LogP contribution in [0.5, 0.6) is 0 Å². The zero-order valence-corrected chi connectivity index (χ0v) is 11.8. The van der Waals surface area contributed by atoms with Crippen molar-refractivity contribution in [2.75, 3.05) is 19.0 Å². The van der Waals surface area contributed by atoms with Crippen LogP contribution in [0.3, 0.4) is 0 Å². The molecule has 0 amide bonds. The molecule has 1 N–H and O–H groups in total. The molecule has 0 aliphatic heterocycles. The van der Waals surface area contributed by atoms with E-state index in [0.29, 0.717) is 0 Å². The number of ether oxygens (including phenoxy) is 1. The van der Waals surface area contributed by atoms with Gasteiger partial charge in [0.1, 0.15) is 5.82 Å². The molecule has 0 atom stereocenters. The van der Waals surface area contributed by atoms with Gasteiger partial charge in [0.2, 0.25) is 0 Å². The quantitative estimate of drug-likeness (QED) is 0.871. The molecule has 1 rings (SSSR count). The first kappa shape index (κ1) is 14.0. The summed E-state index contributed by atoms with van der Waals surface area (Å²) in [5, 5.41) is 3.28. The van der Waals surface area contributed by atoms with Gasteiger partial charge >= 0.3 is 0 Å². The highest BCUT2D eigenvalue weighted by Gasteiger charge is 2.17. The molecule has 0 fully saturated rings. The highest BCUT2D eigenvalue weighted by Crippen LogP contribution is 2.22. The van der Waals surface area contributed by atoms with Crippen LogP contribution in [0.25, 0.3) is 0 Å². The molecule has 0 radical (unpaired) electrons. The van der Waals surface area contributed by atoms with Crippen LogP contribution in [0.1, 0.15) is 40.2 Å². The molecule has 96 valence electrons. The van der Waals surface area contributed by atoms with E-state index in [4.69, 9.17) is 4.74 Å². The zero-order chi connectivity index (χ0) is 13.1. The van der Waals surface area contributed by atoms with Gasteiger partial charge in [0.05, 0.1) is 5.60 Å². The van der Waals surface area contributed by atoms with Crippen LogP contribution in [-0.4, -0.2) is 24.2 Å². The van der Waals surface area contributed by atoms with Gasteiger partial charge in [0.15, 0.2) is 0 Å². The minimum atomic E-state index is -0.176. The molecular formula is C14H24N2O. The van der Waals surface area contributed by atoms with Crippen molar-refractivity contribution in [2.24, 2.45) is 0 Å². The molecule has 0 aromatic carbocycles. The van der Waals surface area contributed by atoms with E-state index in [-0.39, 0.29) is 11.0 Å². The molecule has 17 heavy (non-hydrogen) atoms. The molecular weight excluding hydrogens is 212 g/mol. The Morgan fingerprint density at radius 1 is 1.18 bits per heavy atom. The van der Waals surface area contributed by atoms with Gasteiger partial charge < -0.3 is 10.1 Å². The molecule has 3 nitrogen and oxygen atoms in total. The van der Waals surface area contributed by atoms with Gasteiger partial charge in [-0.1, -0.05) is 26.8 Å². The van der Waals surface area contributed by atoms with Crippen molar-refractivity contribution in [3.8, 4) is 0 Å². The van der Waals surface area contributed by atoms with Crippen LogP contribution in [-0.2, 0) is 10.2 Å². The van der Waals surface area contributed by atoms with Gasteiger partial charge in [-0.05, 0) is 30.9 Å². The van der Waals surface area contributed by atoms with E-state index in [1.54, 1.807) is 7.11 Å². The normalized spacial score (nSPS) is 12.6. The maximum atomic E-state index is 5.35. The first-order valence-electron chi connectivity index (χ1n) is 6.00. The monoisotopic (exact) mass is 236 g/mol. The summed E-state index contributed by atoms with van der Waals surface area (Å²) in [5.41, 5.74) is 1.22. The summed E-state index contributed by atoms with van der Waals surface area (Å²) >= 11 is 0. The highest BCUT2D eigenvalue weighted by atomic mass is 16.5. The van der Waals surface area contributed by atoms with Gasteiger partial charge in [-0.3, -0.25) is 0 Å². The standard InChI is InChI=1S/C14H24N2O/c1-13(2,3)11-7-8-12(15-9-11)16-10-14(4,5)17-6/h7-9H,10H2,1-6H3,(H,15,16). The van der Waals surface area contributed by atoms with Crippen molar-refractivity contribution in [1.82, 2.24) is 4.98 Å². The lowest BCUT2D eigenvalue weighted by Gasteiger charge is -2.24. The molecule has 0 aliphatic carbocycles. The number of pyridine rings is 1. The predicted octanol–water partition coefficient (Wildman–Crippen LogP) is 3.22. The lowest BCUT2D eigenvalue weighted by Crippen LogP contribution is -2.32. The number of hydrogen-bond donors (Lipinski definition) is 1. The lowest BCUT2D eigenvalue weighted by atomic mass is 9.88. The number of nitrogens with zero attached hydrogens (tertiary/aromatic N) is 1. The summed E-state index contributed by atoms with van der Waals surface area (Å²) in [7, 11) is 1.72. The van der Waals surface area contributed by atoms with Crippen molar-refractivity contribution in [3.05, 3.63) is 23.9 Å². The maximum absolute atomic E-state index is 5.35. The van der Waals surface area contributed by atoms with Gasteiger partial charge in [-0.2, -0.15) is 0 Å².